The molecular formula is C30H29ClFN7S. The van der Waals surface area contributed by atoms with Crippen LogP contribution in [0.1, 0.15) is 43.1 Å². The third-order valence-electron chi connectivity index (χ3n) is 7.95. The number of piperidine rings is 1. The van der Waals surface area contributed by atoms with Crippen LogP contribution in [-0.4, -0.2) is 37.4 Å². The normalized spacial score (nSPS) is 15.9. The summed E-state index contributed by atoms with van der Waals surface area (Å²) in [7, 11) is 0. The minimum absolute atomic E-state index is 0.227. The fourth-order valence-electron chi connectivity index (χ4n) is 5.94. The quantitative estimate of drug-likeness (QED) is 0.221. The van der Waals surface area contributed by atoms with Crippen LogP contribution in [0.2, 0.25) is 5.02 Å². The topological polar surface area (TPSA) is 63.8 Å². The summed E-state index contributed by atoms with van der Waals surface area (Å²) in [6, 6.07) is 9.32. The molecule has 0 saturated carbocycles. The zero-order valence-electron chi connectivity index (χ0n) is 22.0. The molecule has 204 valence electrons. The maximum atomic E-state index is 16.1. The molecule has 0 aliphatic carbocycles. The molecule has 5 heterocycles. The summed E-state index contributed by atoms with van der Waals surface area (Å²) in [5.74, 6) is -0.392. The van der Waals surface area contributed by atoms with E-state index in [0.29, 0.717) is 21.7 Å². The van der Waals surface area contributed by atoms with Gasteiger partial charge in [0.1, 0.15) is 11.6 Å². The number of thiazole rings is 1. The van der Waals surface area contributed by atoms with E-state index in [0.717, 1.165) is 54.6 Å². The number of nitrogens with one attached hydrogen (secondary N) is 1. The fraction of sp³-hybridized carbons (Fsp3) is 0.300. The largest absolute Gasteiger partial charge is 0.372 e. The van der Waals surface area contributed by atoms with E-state index < -0.39 is 11.9 Å². The van der Waals surface area contributed by atoms with E-state index in [9.17, 15) is 0 Å². The molecule has 2 aliphatic rings. The molecule has 0 amide bonds. The van der Waals surface area contributed by atoms with Gasteiger partial charge in [-0.05, 0) is 55.9 Å². The second-order valence-electron chi connectivity index (χ2n) is 10.4. The van der Waals surface area contributed by atoms with Gasteiger partial charge in [-0.25, -0.2) is 14.4 Å². The van der Waals surface area contributed by atoms with Crippen LogP contribution >= 0.6 is 22.9 Å². The SMILES string of the molecule is C=C(Nc1nccs1)C(c1ncn2c1CCC2)n1cc2c(Cl)cc(-c3ccc(N4CCCCC4)cc3)c(F)c2n1. The average molecular weight is 574 g/mol. The van der Waals surface area contributed by atoms with Crippen molar-refractivity contribution in [2.45, 2.75) is 44.7 Å². The predicted molar refractivity (Wildman–Crippen MR) is 160 cm³/mol. The number of nitrogens with zero attached hydrogens (tertiary/aromatic N) is 6. The van der Waals surface area contributed by atoms with Gasteiger partial charge in [-0.1, -0.05) is 30.3 Å². The Bertz CT molecular complexity index is 1680. The van der Waals surface area contributed by atoms with Crippen LogP contribution in [0.15, 0.2) is 66.7 Å². The lowest BCUT2D eigenvalue weighted by molar-refractivity contribution is 0.572. The van der Waals surface area contributed by atoms with Crippen molar-refractivity contribution in [3.63, 3.8) is 0 Å². The second kappa shape index (κ2) is 10.4. The molecule has 1 N–H and O–H groups in total. The van der Waals surface area contributed by atoms with Gasteiger partial charge in [0.15, 0.2) is 10.9 Å². The first-order valence-corrected chi connectivity index (χ1v) is 14.9. The summed E-state index contributed by atoms with van der Waals surface area (Å²) < 4.78 is 20.0. The number of halogens is 2. The lowest BCUT2D eigenvalue weighted by Gasteiger charge is -2.28. The minimum atomic E-state index is -0.464. The van der Waals surface area contributed by atoms with Crippen LogP contribution in [0.3, 0.4) is 0 Å². The first-order chi connectivity index (χ1) is 19.6. The van der Waals surface area contributed by atoms with Gasteiger partial charge in [-0.3, -0.25) is 4.68 Å². The Labute approximate surface area is 240 Å². The Morgan fingerprint density at radius 1 is 1.07 bits per heavy atom. The van der Waals surface area contributed by atoms with E-state index in [-0.39, 0.29) is 5.52 Å². The number of rotatable bonds is 7. The van der Waals surface area contributed by atoms with Crippen molar-refractivity contribution < 1.29 is 4.39 Å². The molecule has 40 heavy (non-hydrogen) atoms. The van der Waals surface area contributed by atoms with Crippen LogP contribution < -0.4 is 10.2 Å². The van der Waals surface area contributed by atoms with Gasteiger partial charge in [-0.15, -0.1) is 11.3 Å². The fourth-order valence-corrected chi connectivity index (χ4v) is 6.75. The summed E-state index contributed by atoms with van der Waals surface area (Å²) in [4.78, 5) is 11.5. The summed E-state index contributed by atoms with van der Waals surface area (Å²) in [5.41, 5.74) is 5.26. The van der Waals surface area contributed by atoms with Crippen LogP contribution in [0.4, 0.5) is 15.2 Å². The molecule has 0 spiro atoms. The molecule has 1 fully saturated rings. The zero-order valence-corrected chi connectivity index (χ0v) is 23.6. The van der Waals surface area contributed by atoms with Gasteiger partial charge < -0.3 is 14.8 Å². The van der Waals surface area contributed by atoms with Gasteiger partial charge in [-0.2, -0.15) is 5.10 Å². The molecule has 1 unspecified atom stereocenters. The summed E-state index contributed by atoms with van der Waals surface area (Å²) in [5, 5.41) is 11.7. The number of aromatic nitrogens is 5. The predicted octanol–water partition coefficient (Wildman–Crippen LogP) is 7.30. The van der Waals surface area contributed by atoms with Gasteiger partial charge in [0, 0.05) is 65.4 Å². The van der Waals surface area contributed by atoms with Crippen LogP contribution in [0.5, 0.6) is 0 Å². The highest BCUT2D eigenvalue weighted by molar-refractivity contribution is 7.13. The van der Waals surface area contributed by atoms with Crippen molar-refractivity contribution in [3.8, 4) is 11.1 Å². The number of anilines is 2. The van der Waals surface area contributed by atoms with E-state index >= 15 is 4.39 Å². The van der Waals surface area contributed by atoms with Crippen molar-refractivity contribution in [3.05, 3.63) is 88.9 Å². The third-order valence-corrected chi connectivity index (χ3v) is 8.95. The van der Waals surface area contributed by atoms with Crippen LogP contribution in [-0.2, 0) is 13.0 Å². The highest BCUT2D eigenvalue weighted by atomic mass is 35.5. The molecule has 2 aliphatic heterocycles. The number of allylic oxidation sites excluding steroid dienone is 1. The van der Waals surface area contributed by atoms with Gasteiger partial charge in [0.2, 0.25) is 0 Å². The Hall–Kier alpha value is -3.69. The summed E-state index contributed by atoms with van der Waals surface area (Å²) in [6.45, 7) is 7.39. The summed E-state index contributed by atoms with van der Waals surface area (Å²) >= 11 is 8.26. The Kier molecular flexibility index (Phi) is 6.56. The second-order valence-corrected chi connectivity index (χ2v) is 11.8. The van der Waals surface area contributed by atoms with Crippen molar-refractivity contribution in [1.29, 1.82) is 0 Å². The van der Waals surface area contributed by atoms with E-state index in [1.54, 1.807) is 23.1 Å². The minimum Gasteiger partial charge on any atom is -0.372 e. The van der Waals surface area contributed by atoms with Gasteiger partial charge in [0.05, 0.1) is 17.0 Å². The third kappa shape index (κ3) is 4.47. The number of imidazole rings is 1. The molecule has 7 nitrogen and oxygen atoms in total. The maximum absolute atomic E-state index is 16.1. The van der Waals surface area contributed by atoms with E-state index in [2.05, 4.69) is 38.5 Å². The average Bonchev–Trinajstić information content (AvgIpc) is 3.78. The summed E-state index contributed by atoms with van der Waals surface area (Å²) in [6.07, 6.45) is 11.1. The number of benzene rings is 2. The molecule has 0 radical (unpaired) electrons. The number of aryl methyl sites for hydroxylation is 1. The zero-order chi connectivity index (χ0) is 27.2. The molecule has 1 saturated heterocycles. The Balaban J connectivity index is 1.28. The number of hydrogen-bond acceptors (Lipinski definition) is 6. The highest BCUT2D eigenvalue weighted by Crippen LogP contribution is 2.37. The Morgan fingerprint density at radius 2 is 1.90 bits per heavy atom. The van der Waals surface area contributed by atoms with Crippen LogP contribution in [0.25, 0.3) is 22.0 Å². The van der Waals surface area contributed by atoms with Crippen molar-refractivity contribution in [2.75, 3.05) is 23.3 Å². The van der Waals surface area contributed by atoms with Gasteiger partial charge >= 0.3 is 0 Å². The van der Waals surface area contributed by atoms with Gasteiger partial charge in [0.25, 0.3) is 0 Å². The molecule has 0 bridgehead atoms. The molecule has 1 atom stereocenters. The van der Waals surface area contributed by atoms with E-state index in [1.807, 2.05) is 23.8 Å². The molecule has 2 aromatic carbocycles. The highest BCUT2D eigenvalue weighted by Gasteiger charge is 2.29. The molecular weight excluding hydrogens is 545 g/mol. The van der Waals surface area contributed by atoms with E-state index in [4.69, 9.17) is 21.7 Å². The lowest BCUT2D eigenvalue weighted by atomic mass is 10.0. The number of fused-ring (bicyclic) bond motifs is 2. The monoisotopic (exact) mass is 573 g/mol. The molecule has 5 aromatic rings. The van der Waals surface area contributed by atoms with Crippen molar-refractivity contribution >= 4 is 44.7 Å². The maximum Gasteiger partial charge on any atom is 0.186 e. The standard InChI is InChI=1S/C30H29ClFN7S/c1-19(35-30-33-11-15-40-30)29(28-25-6-5-14-38(25)18-34-28)39-17-23-24(31)16-22(26(32)27(23)36-39)20-7-9-21(10-8-20)37-12-3-2-4-13-37/h7-11,15-18,29H,1-6,12-14H2,(H,33,35). The lowest BCUT2D eigenvalue weighted by Crippen LogP contribution is -2.29. The van der Waals surface area contributed by atoms with Crippen molar-refractivity contribution in [2.24, 2.45) is 0 Å². The molecule has 3 aromatic heterocycles. The van der Waals surface area contributed by atoms with Crippen LogP contribution in [0, 0.1) is 5.82 Å². The van der Waals surface area contributed by atoms with E-state index in [1.165, 1.54) is 36.3 Å². The first kappa shape index (κ1) is 25.3. The smallest absolute Gasteiger partial charge is 0.186 e. The van der Waals surface area contributed by atoms with Crippen molar-refractivity contribution in [1.82, 2.24) is 24.3 Å². The Morgan fingerprint density at radius 3 is 2.67 bits per heavy atom. The number of hydrogen-bond donors (Lipinski definition) is 1. The molecule has 7 rings (SSSR count). The molecule has 10 heteroatoms. The first-order valence-electron chi connectivity index (χ1n) is 13.7.